The smallest absolute Gasteiger partial charge is 0.319 e. The van der Waals surface area contributed by atoms with Crippen LogP contribution in [0.5, 0.6) is 0 Å². The third kappa shape index (κ3) is 3.12. The molecular weight excluding hydrogens is 216 g/mol. The third-order valence-electron chi connectivity index (χ3n) is 2.57. The molecule has 1 saturated carbocycles. The van der Waals surface area contributed by atoms with Gasteiger partial charge in [0, 0.05) is 0 Å². The molecule has 5 heteroatoms. The maximum absolute atomic E-state index is 11.1. The second-order valence-corrected chi connectivity index (χ2v) is 4.96. The van der Waals surface area contributed by atoms with E-state index in [2.05, 4.69) is 0 Å². The van der Waals surface area contributed by atoms with Crippen molar-refractivity contribution in [2.45, 2.75) is 37.4 Å². The molecule has 4 nitrogen and oxygen atoms in total. The second kappa shape index (κ2) is 5.39. The molecule has 1 N–H and O–H groups in total. The standard InChI is InChI=1S/C10H16O4S/c1-2-14-8(11)7-15-10(9(12)13)5-3-4-6-10/h2-7H2,1H3,(H,12,13). The Hall–Kier alpha value is -0.710. The summed E-state index contributed by atoms with van der Waals surface area (Å²) in [5.41, 5.74) is 0. The fraction of sp³-hybridized carbons (Fsp3) is 0.800. The summed E-state index contributed by atoms with van der Waals surface area (Å²) in [6, 6.07) is 0. The highest BCUT2D eigenvalue weighted by molar-refractivity contribution is 8.02. The van der Waals surface area contributed by atoms with Crippen LogP contribution in [0.4, 0.5) is 0 Å². The first-order valence-electron chi connectivity index (χ1n) is 5.14. The largest absolute Gasteiger partial charge is 0.480 e. The fourth-order valence-corrected chi connectivity index (χ4v) is 2.94. The molecule has 0 aliphatic heterocycles. The van der Waals surface area contributed by atoms with Crippen molar-refractivity contribution in [3.63, 3.8) is 0 Å². The molecule has 1 fully saturated rings. The molecule has 0 aromatic rings. The van der Waals surface area contributed by atoms with E-state index < -0.39 is 10.7 Å². The number of thioether (sulfide) groups is 1. The van der Waals surface area contributed by atoms with Crippen LogP contribution in [0.3, 0.4) is 0 Å². The van der Waals surface area contributed by atoms with Gasteiger partial charge in [-0.1, -0.05) is 12.8 Å². The molecular formula is C10H16O4S. The van der Waals surface area contributed by atoms with Crippen LogP contribution >= 0.6 is 11.8 Å². The first-order valence-corrected chi connectivity index (χ1v) is 6.12. The van der Waals surface area contributed by atoms with Crippen LogP contribution in [0.1, 0.15) is 32.6 Å². The zero-order valence-corrected chi connectivity index (χ0v) is 9.64. The maximum atomic E-state index is 11.1. The van der Waals surface area contributed by atoms with Gasteiger partial charge in [-0.15, -0.1) is 11.8 Å². The Balaban J connectivity index is 2.46. The first-order chi connectivity index (χ1) is 7.10. The highest BCUT2D eigenvalue weighted by Gasteiger charge is 2.42. The van der Waals surface area contributed by atoms with Crippen molar-refractivity contribution >= 4 is 23.7 Å². The highest BCUT2D eigenvalue weighted by atomic mass is 32.2. The molecule has 1 aliphatic carbocycles. The number of carbonyl (C=O) groups excluding carboxylic acids is 1. The van der Waals surface area contributed by atoms with E-state index in [9.17, 15) is 9.59 Å². The number of hydrogen-bond acceptors (Lipinski definition) is 4. The van der Waals surface area contributed by atoms with E-state index in [0.29, 0.717) is 19.4 Å². The Morgan fingerprint density at radius 3 is 2.47 bits per heavy atom. The van der Waals surface area contributed by atoms with Gasteiger partial charge in [0.15, 0.2) is 0 Å². The van der Waals surface area contributed by atoms with E-state index in [0.717, 1.165) is 12.8 Å². The van der Waals surface area contributed by atoms with Crippen LogP contribution in [-0.2, 0) is 14.3 Å². The van der Waals surface area contributed by atoms with Crippen LogP contribution in [-0.4, -0.2) is 34.2 Å². The molecule has 0 heterocycles. The van der Waals surface area contributed by atoms with Gasteiger partial charge in [0.2, 0.25) is 0 Å². The molecule has 0 atom stereocenters. The summed E-state index contributed by atoms with van der Waals surface area (Å²) in [6.07, 6.45) is 3.18. The quantitative estimate of drug-likeness (QED) is 0.731. The van der Waals surface area contributed by atoms with Gasteiger partial charge in [0.1, 0.15) is 4.75 Å². The summed E-state index contributed by atoms with van der Waals surface area (Å²) in [5.74, 6) is -0.982. The van der Waals surface area contributed by atoms with Crippen molar-refractivity contribution in [3.05, 3.63) is 0 Å². The fourth-order valence-electron chi connectivity index (χ4n) is 1.77. The number of aliphatic carboxylic acids is 1. The lowest BCUT2D eigenvalue weighted by atomic mass is 10.1. The third-order valence-corrected chi connectivity index (χ3v) is 4.09. The number of carbonyl (C=O) groups is 2. The Kier molecular flexibility index (Phi) is 4.45. The highest BCUT2D eigenvalue weighted by Crippen LogP contribution is 2.41. The molecule has 0 aromatic carbocycles. The molecule has 0 spiro atoms. The Labute approximate surface area is 93.4 Å². The van der Waals surface area contributed by atoms with E-state index in [1.165, 1.54) is 11.8 Å². The van der Waals surface area contributed by atoms with Crippen molar-refractivity contribution in [3.8, 4) is 0 Å². The summed E-state index contributed by atoms with van der Waals surface area (Å²) in [4.78, 5) is 22.2. The van der Waals surface area contributed by atoms with Crippen molar-refractivity contribution in [1.82, 2.24) is 0 Å². The van der Waals surface area contributed by atoms with Crippen LogP contribution in [0.2, 0.25) is 0 Å². The molecule has 0 aromatic heterocycles. The van der Waals surface area contributed by atoms with Crippen LogP contribution < -0.4 is 0 Å². The average Bonchev–Trinajstić information content (AvgIpc) is 2.65. The summed E-state index contributed by atoms with van der Waals surface area (Å²) in [5, 5.41) is 9.13. The number of carboxylic acids is 1. The van der Waals surface area contributed by atoms with Gasteiger partial charge in [-0.05, 0) is 19.8 Å². The lowest BCUT2D eigenvalue weighted by Crippen LogP contribution is -2.33. The number of esters is 1. The topological polar surface area (TPSA) is 63.6 Å². The van der Waals surface area contributed by atoms with Crippen molar-refractivity contribution < 1.29 is 19.4 Å². The van der Waals surface area contributed by atoms with Gasteiger partial charge >= 0.3 is 11.9 Å². The molecule has 0 bridgehead atoms. The Bertz CT molecular complexity index is 246. The van der Waals surface area contributed by atoms with Gasteiger partial charge in [0.05, 0.1) is 12.4 Å². The molecule has 0 unspecified atom stereocenters. The maximum Gasteiger partial charge on any atom is 0.319 e. The lowest BCUT2D eigenvalue weighted by molar-refractivity contribution is -0.139. The predicted molar refractivity (Wildman–Crippen MR) is 57.9 cm³/mol. The number of carboxylic acid groups (broad SMARTS) is 1. The van der Waals surface area contributed by atoms with E-state index in [1.54, 1.807) is 6.92 Å². The summed E-state index contributed by atoms with van der Waals surface area (Å²) in [6.45, 7) is 2.09. The predicted octanol–water partition coefficient (Wildman–Crippen LogP) is 1.68. The summed E-state index contributed by atoms with van der Waals surface area (Å²) >= 11 is 1.21. The molecule has 0 radical (unpaired) electrons. The normalized spacial score (nSPS) is 18.7. The van der Waals surface area contributed by atoms with Crippen molar-refractivity contribution in [2.75, 3.05) is 12.4 Å². The van der Waals surface area contributed by atoms with Gasteiger partial charge < -0.3 is 9.84 Å². The van der Waals surface area contributed by atoms with E-state index in [1.807, 2.05) is 0 Å². The van der Waals surface area contributed by atoms with Crippen molar-refractivity contribution in [1.29, 1.82) is 0 Å². The lowest BCUT2D eigenvalue weighted by Gasteiger charge is -2.22. The number of hydrogen-bond donors (Lipinski definition) is 1. The average molecular weight is 232 g/mol. The zero-order valence-electron chi connectivity index (χ0n) is 8.82. The van der Waals surface area contributed by atoms with Crippen molar-refractivity contribution in [2.24, 2.45) is 0 Å². The molecule has 0 saturated heterocycles. The molecule has 1 aliphatic rings. The molecule has 15 heavy (non-hydrogen) atoms. The van der Waals surface area contributed by atoms with Crippen LogP contribution in [0.25, 0.3) is 0 Å². The van der Waals surface area contributed by atoms with Crippen LogP contribution in [0, 0.1) is 0 Å². The van der Waals surface area contributed by atoms with E-state index in [4.69, 9.17) is 9.84 Å². The second-order valence-electron chi connectivity index (χ2n) is 3.60. The number of rotatable bonds is 5. The van der Waals surface area contributed by atoms with Gasteiger partial charge in [0.25, 0.3) is 0 Å². The van der Waals surface area contributed by atoms with Gasteiger partial charge in [-0.2, -0.15) is 0 Å². The first kappa shape index (κ1) is 12.4. The minimum absolute atomic E-state index is 0.139. The SMILES string of the molecule is CCOC(=O)CSC1(C(=O)O)CCCC1. The summed E-state index contributed by atoms with van der Waals surface area (Å²) in [7, 11) is 0. The van der Waals surface area contributed by atoms with Crippen LogP contribution in [0.15, 0.2) is 0 Å². The van der Waals surface area contributed by atoms with Gasteiger partial charge in [-0.3, -0.25) is 9.59 Å². The van der Waals surface area contributed by atoms with Gasteiger partial charge in [-0.25, -0.2) is 0 Å². The minimum atomic E-state index is -0.797. The number of ether oxygens (including phenoxy) is 1. The van der Waals surface area contributed by atoms with E-state index in [-0.39, 0.29) is 11.7 Å². The van der Waals surface area contributed by atoms with E-state index >= 15 is 0 Å². The molecule has 1 rings (SSSR count). The molecule has 86 valence electrons. The summed E-state index contributed by atoms with van der Waals surface area (Å²) < 4.78 is 4.03. The Morgan fingerprint density at radius 1 is 1.40 bits per heavy atom. The Morgan fingerprint density at radius 2 is 2.00 bits per heavy atom. The minimum Gasteiger partial charge on any atom is -0.480 e. The monoisotopic (exact) mass is 232 g/mol. The molecule has 0 amide bonds. The zero-order chi connectivity index (χ0) is 11.3.